The second kappa shape index (κ2) is 13.1. The molecule has 1 aliphatic carbocycles. The van der Waals surface area contributed by atoms with Gasteiger partial charge in [-0.1, -0.05) is 51.7 Å². The van der Waals surface area contributed by atoms with E-state index in [1.807, 2.05) is 0 Å². The normalized spacial score (nSPS) is 20.1. The van der Waals surface area contributed by atoms with E-state index in [9.17, 15) is 5.11 Å². The summed E-state index contributed by atoms with van der Waals surface area (Å²) in [5.74, 6) is 0.936. The van der Waals surface area contributed by atoms with E-state index < -0.39 is 0 Å². The van der Waals surface area contributed by atoms with Crippen molar-refractivity contribution in [3.63, 3.8) is 0 Å². The Morgan fingerprint density at radius 2 is 1.68 bits per heavy atom. The Balaban J connectivity index is 0.000000255. The van der Waals surface area contributed by atoms with Crippen molar-refractivity contribution in [1.82, 2.24) is 0 Å². The summed E-state index contributed by atoms with van der Waals surface area (Å²) >= 11 is 0. The highest BCUT2D eigenvalue weighted by molar-refractivity contribution is 4.93. The van der Waals surface area contributed by atoms with Crippen LogP contribution in [0.1, 0.15) is 78.1 Å². The zero-order valence-corrected chi connectivity index (χ0v) is 14.6. The van der Waals surface area contributed by atoms with Gasteiger partial charge >= 0.3 is 0 Å². The van der Waals surface area contributed by atoms with Gasteiger partial charge in [-0.2, -0.15) is 0 Å². The Kier molecular flexibility index (Phi) is 11.7. The van der Waals surface area contributed by atoms with Crippen LogP contribution < -0.4 is 0 Å². The molecule has 2 aliphatic rings. The van der Waals surface area contributed by atoms with E-state index in [2.05, 4.69) is 26.0 Å². The summed E-state index contributed by atoms with van der Waals surface area (Å²) in [4.78, 5) is 0. The maximum Gasteiger partial charge on any atom is 0.157 e. The van der Waals surface area contributed by atoms with Crippen molar-refractivity contribution >= 4 is 0 Å². The lowest BCUT2D eigenvalue weighted by atomic mass is 9.98. The predicted molar refractivity (Wildman–Crippen MR) is 91.8 cm³/mol. The van der Waals surface area contributed by atoms with Gasteiger partial charge in [0.15, 0.2) is 6.29 Å². The van der Waals surface area contributed by atoms with Gasteiger partial charge in [-0.3, -0.25) is 0 Å². The molecule has 0 aromatic rings. The molecule has 0 bridgehead atoms. The smallest absolute Gasteiger partial charge is 0.157 e. The number of hydrogen-bond donors (Lipinski definition) is 1. The molecule has 0 amide bonds. The number of unbranched alkanes of at least 4 members (excludes halogenated alkanes) is 2. The molecule has 0 spiro atoms. The summed E-state index contributed by atoms with van der Waals surface area (Å²) in [7, 11) is 0. The maximum atomic E-state index is 9.36. The summed E-state index contributed by atoms with van der Waals surface area (Å²) in [5.41, 5.74) is 0. The lowest BCUT2D eigenvalue weighted by Crippen LogP contribution is -2.05. The van der Waals surface area contributed by atoms with Crippen LogP contribution >= 0.6 is 0 Å². The van der Waals surface area contributed by atoms with Crippen LogP contribution in [-0.4, -0.2) is 30.7 Å². The van der Waals surface area contributed by atoms with Crippen molar-refractivity contribution in [2.75, 3.05) is 13.2 Å². The molecule has 3 heteroatoms. The molecule has 1 N–H and O–H groups in total. The van der Waals surface area contributed by atoms with E-state index in [0.717, 1.165) is 44.8 Å². The molecule has 22 heavy (non-hydrogen) atoms. The first kappa shape index (κ1) is 19.7. The summed E-state index contributed by atoms with van der Waals surface area (Å²) in [6.07, 6.45) is 16.6. The molecule has 1 heterocycles. The van der Waals surface area contributed by atoms with Crippen LogP contribution in [0.3, 0.4) is 0 Å². The molecule has 0 radical (unpaired) electrons. The van der Waals surface area contributed by atoms with Crippen molar-refractivity contribution in [1.29, 1.82) is 0 Å². The zero-order chi connectivity index (χ0) is 16.0. The van der Waals surface area contributed by atoms with Crippen molar-refractivity contribution < 1.29 is 14.6 Å². The second-order valence-corrected chi connectivity index (χ2v) is 6.47. The van der Waals surface area contributed by atoms with E-state index in [4.69, 9.17) is 9.47 Å². The van der Waals surface area contributed by atoms with Gasteiger partial charge in [0.2, 0.25) is 0 Å². The minimum atomic E-state index is -0.0526. The Morgan fingerprint density at radius 1 is 1.00 bits per heavy atom. The fraction of sp³-hybridized carbons (Fsp3) is 0.895. The molecule has 1 atom stereocenters. The van der Waals surface area contributed by atoms with Crippen LogP contribution in [0.2, 0.25) is 0 Å². The molecule has 1 aliphatic heterocycles. The largest absolute Gasteiger partial charge is 0.393 e. The Hall–Kier alpha value is -0.380. The monoisotopic (exact) mass is 312 g/mol. The van der Waals surface area contributed by atoms with Crippen LogP contribution in [0.25, 0.3) is 0 Å². The number of rotatable bonds is 9. The SMILES string of the molecule is CCC(O)CCCCCC1CC=CC1.CCCC1OCCO1. The summed E-state index contributed by atoms with van der Waals surface area (Å²) in [6, 6.07) is 0. The molecule has 1 unspecified atom stereocenters. The number of allylic oxidation sites excluding steroid dienone is 2. The predicted octanol–water partition coefficient (Wildman–Crippen LogP) is 4.83. The van der Waals surface area contributed by atoms with Crippen molar-refractivity contribution in [3.05, 3.63) is 12.2 Å². The zero-order valence-electron chi connectivity index (χ0n) is 14.6. The Bertz CT molecular complexity index is 264. The third kappa shape index (κ3) is 9.60. The van der Waals surface area contributed by atoms with Crippen LogP contribution in [0.5, 0.6) is 0 Å². The molecule has 130 valence electrons. The lowest BCUT2D eigenvalue weighted by molar-refractivity contribution is -0.0468. The fourth-order valence-electron chi connectivity index (χ4n) is 2.91. The van der Waals surface area contributed by atoms with E-state index in [1.165, 1.54) is 38.5 Å². The molecular weight excluding hydrogens is 276 g/mol. The van der Waals surface area contributed by atoms with Crippen molar-refractivity contribution in [3.8, 4) is 0 Å². The van der Waals surface area contributed by atoms with E-state index >= 15 is 0 Å². The highest BCUT2D eigenvalue weighted by Gasteiger charge is 2.13. The maximum absolute atomic E-state index is 9.36. The number of aliphatic hydroxyl groups is 1. The van der Waals surface area contributed by atoms with Gasteiger partial charge < -0.3 is 14.6 Å². The Morgan fingerprint density at radius 3 is 2.27 bits per heavy atom. The second-order valence-electron chi connectivity index (χ2n) is 6.47. The first-order valence-electron chi connectivity index (χ1n) is 9.32. The molecule has 2 rings (SSSR count). The molecule has 0 aromatic carbocycles. The van der Waals surface area contributed by atoms with Gasteiger partial charge in [0.05, 0.1) is 19.3 Å². The van der Waals surface area contributed by atoms with E-state index in [-0.39, 0.29) is 12.4 Å². The lowest BCUT2D eigenvalue weighted by Gasteiger charge is -2.09. The van der Waals surface area contributed by atoms with Crippen molar-refractivity contribution in [2.24, 2.45) is 5.92 Å². The number of aliphatic hydroxyl groups excluding tert-OH is 1. The average Bonchev–Trinajstić information content (AvgIpc) is 3.21. The van der Waals surface area contributed by atoms with E-state index in [0.29, 0.717) is 0 Å². The molecular formula is C19H36O3. The summed E-state index contributed by atoms with van der Waals surface area (Å²) in [5, 5.41) is 9.36. The third-order valence-electron chi connectivity index (χ3n) is 4.44. The van der Waals surface area contributed by atoms with Gasteiger partial charge in [-0.15, -0.1) is 0 Å². The van der Waals surface area contributed by atoms with Gasteiger partial charge in [-0.05, 0) is 44.4 Å². The first-order valence-corrected chi connectivity index (χ1v) is 9.32. The molecule has 1 fully saturated rings. The Labute approximate surface area is 137 Å². The quantitative estimate of drug-likeness (QED) is 0.489. The number of ether oxygens (including phenoxy) is 2. The van der Waals surface area contributed by atoms with Crippen LogP contribution in [-0.2, 0) is 9.47 Å². The van der Waals surface area contributed by atoms with Crippen LogP contribution in [0.4, 0.5) is 0 Å². The highest BCUT2D eigenvalue weighted by Crippen LogP contribution is 2.23. The third-order valence-corrected chi connectivity index (χ3v) is 4.44. The standard InChI is InChI=1S/C13H24O.C6H12O2/c1-2-13(14)11-5-3-4-8-12-9-6-7-10-12;1-2-3-6-7-4-5-8-6/h6-7,12-14H,2-5,8-11H2,1H3;6H,2-5H2,1H3. The minimum Gasteiger partial charge on any atom is -0.393 e. The fourth-order valence-corrected chi connectivity index (χ4v) is 2.91. The van der Waals surface area contributed by atoms with Gasteiger partial charge in [0.25, 0.3) is 0 Å². The minimum absolute atomic E-state index is 0.0526. The molecule has 0 saturated carbocycles. The summed E-state index contributed by atoms with van der Waals surface area (Å²) < 4.78 is 10.3. The topological polar surface area (TPSA) is 38.7 Å². The number of hydrogen-bond acceptors (Lipinski definition) is 3. The van der Waals surface area contributed by atoms with Gasteiger partial charge in [0.1, 0.15) is 0 Å². The van der Waals surface area contributed by atoms with Gasteiger partial charge in [-0.25, -0.2) is 0 Å². The highest BCUT2D eigenvalue weighted by atomic mass is 16.7. The molecule has 3 nitrogen and oxygen atoms in total. The van der Waals surface area contributed by atoms with Crippen molar-refractivity contribution in [2.45, 2.75) is 90.4 Å². The first-order chi connectivity index (χ1) is 10.8. The van der Waals surface area contributed by atoms with Crippen LogP contribution in [0, 0.1) is 5.92 Å². The summed E-state index contributed by atoms with van der Waals surface area (Å²) in [6.45, 7) is 5.75. The molecule has 1 saturated heterocycles. The van der Waals surface area contributed by atoms with Gasteiger partial charge in [0, 0.05) is 0 Å². The van der Waals surface area contributed by atoms with Crippen LogP contribution in [0.15, 0.2) is 12.2 Å². The average molecular weight is 312 g/mol. The molecule has 0 aromatic heterocycles. The van der Waals surface area contributed by atoms with E-state index in [1.54, 1.807) is 0 Å².